The topological polar surface area (TPSA) is 61.9 Å². The molecule has 1 aliphatic heterocycles. The Morgan fingerprint density at radius 1 is 1.20 bits per heavy atom. The summed E-state index contributed by atoms with van der Waals surface area (Å²) in [7, 11) is 0. The second-order valence-corrected chi connectivity index (χ2v) is 5.70. The molecule has 0 aromatic heterocycles. The number of amides is 3. The van der Waals surface area contributed by atoms with Gasteiger partial charge in [0.2, 0.25) is 0 Å². The number of benzene rings is 1. The molecule has 1 N–H and O–H groups in total. The molecule has 6 nitrogen and oxygen atoms in total. The molecule has 0 spiro atoms. The van der Waals surface area contributed by atoms with Gasteiger partial charge in [0.1, 0.15) is 0 Å². The van der Waals surface area contributed by atoms with E-state index in [4.69, 9.17) is 16.3 Å². The summed E-state index contributed by atoms with van der Waals surface area (Å²) in [6.45, 7) is 2.99. The van der Waals surface area contributed by atoms with Gasteiger partial charge in [0.15, 0.2) is 0 Å². The van der Waals surface area contributed by atoms with Crippen LogP contribution in [0.25, 0.3) is 0 Å². The Morgan fingerprint density at radius 3 is 2.36 bits per heavy atom. The maximum absolute atomic E-state index is 12.8. The van der Waals surface area contributed by atoms with Crippen molar-refractivity contribution in [1.82, 2.24) is 9.80 Å². The van der Waals surface area contributed by atoms with E-state index in [-0.39, 0.29) is 43.5 Å². The average molecular weight is 380 g/mol. The predicted molar refractivity (Wildman–Crippen MR) is 85.6 cm³/mol. The average Bonchev–Trinajstić information content (AvgIpc) is 2.56. The van der Waals surface area contributed by atoms with Crippen LogP contribution in [-0.4, -0.2) is 54.7 Å². The number of hydrogen-bond acceptors (Lipinski definition) is 3. The number of ether oxygens (including phenoxy) is 1. The number of urea groups is 1. The van der Waals surface area contributed by atoms with Crippen molar-refractivity contribution in [2.75, 3.05) is 38.1 Å². The second-order valence-electron chi connectivity index (χ2n) is 5.30. The Balaban J connectivity index is 1.98. The van der Waals surface area contributed by atoms with Crippen LogP contribution in [0.3, 0.4) is 0 Å². The molecule has 1 heterocycles. The minimum atomic E-state index is -4.53. The number of carbonyl (C=O) groups is 2. The van der Waals surface area contributed by atoms with Gasteiger partial charge in [-0.1, -0.05) is 11.6 Å². The minimum absolute atomic E-state index is 0.00603. The maximum atomic E-state index is 12.8. The van der Waals surface area contributed by atoms with Gasteiger partial charge < -0.3 is 19.9 Å². The first-order chi connectivity index (χ1) is 11.7. The Bertz CT molecular complexity index is 647. The number of nitrogens with zero attached hydrogens (tertiary/aromatic N) is 2. The highest BCUT2D eigenvalue weighted by atomic mass is 35.5. The molecule has 1 saturated heterocycles. The first-order valence-corrected chi connectivity index (χ1v) is 7.94. The van der Waals surface area contributed by atoms with Crippen molar-refractivity contribution in [3.05, 3.63) is 28.8 Å². The summed E-state index contributed by atoms with van der Waals surface area (Å²) >= 11 is 5.86. The molecular formula is C15H17ClF3N3O3. The fourth-order valence-electron chi connectivity index (χ4n) is 2.30. The summed E-state index contributed by atoms with van der Waals surface area (Å²) in [4.78, 5) is 26.7. The van der Waals surface area contributed by atoms with E-state index in [0.29, 0.717) is 0 Å². The van der Waals surface area contributed by atoms with E-state index >= 15 is 0 Å². The van der Waals surface area contributed by atoms with Crippen LogP contribution < -0.4 is 5.32 Å². The van der Waals surface area contributed by atoms with Crippen LogP contribution in [0.4, 0.5) is 28.4 Å². The fraction of sp³-hybridized carbons (Fsp3) is 0.467. The summed E-state index contributed by atoms with van der Waals surface area (Å²) < 4.78 is 43.2. The van der Waals surface area contributed by atoms with E-state index in [1.807, 2.05) is 0 Å². The van der Waals surface area contributed by atoms with E-state index in [1.165, 1.54) is 9.80 Å². The lowest BCUT2D eigenvalue weighted by Crippen LogP contribution is -2.51. The summed E-state index contributed by atoms with van der Waals surface area (Å²) in [5, 5.41) is 2.39. The molecule has 1 aromatic rings. The Hall–Kier alpha value is -2.16. The van der Waals surface area contributed by atoms with Crippen molar-refractivity contribution in [2.45, 2.75) is 13.1 Å². The lowest BCUT2D eigenvalue weighted by atomic mass is 10.2. The zero-order valence-corrected chi connectivity index (χ0v) is 14.2. The molecule has 1 aromatic carbocycles. The lowest BCUT2D eigenvalue weighted by Gasteiger charge is -2.34. The zero-order valence-electron chi connectivity index (χ0n) is 13.4. The van der Waals surface area contributed by atoms with Gasteiger partial charge in [0.05, 0.1) is 22.9 Å². The zero-order chi connectivity index (χ0) is 18.6. The van der Waals surface area contributed by atoms with E-state index in [9.17, 15) is 22.8 Å². The molecular weight excluding hydrogens is 363 g/mol. The molecule has 0 radical (unpaired) electrons. The molecule has 3 amide bonds. The number of anilines is 1. The van der Waals surface area contributed by atoms with E-state index in [2.05, 4.69) is 5.32 Å². The number of rotatable bonds is 2. The van der Waals surface area contributed by atoms with Crippen molar-refractivity contribution in [1.29, 1.82) is 0 Å². The van der Waals surface area contributed by atoms with Gasteiger partial charge in [-0.2, -0.15) is 13.2 Å². The first kappa shape index (κ1) is 19.2. The fourth-order valence-corrected chi connectivity index (χ4v) is 2.46. The summed E-state index contributed by atoms with van der Waals surface area (Å²) in [5.74, 6) is 0. The Morgan fingerprint density at radius 2 is 1.80 bits per heavy atom. The van der Waals surface area contributed by atoms with Gasteiger partial charge in [0, 0.05) is 26.2 Å². The predicted octanol–water partition coefficient (Wildman–Crippen LogP) is 3.66. The van der Waals surface area contributed by atoms with E-state index in [0.717, 1.165) is 18.2 Å². The normalized spacial score (nSPS) is 15.1. The van der Waals surface area contributed by atoms with Crippen molar-refractivity contribution in [2.24, 2.45) is 0 Å². The number of carbonyl (C=O) groups excluding carboxylic acids is 2. The summed E-state index contributed by atoms with van der Waals surface area (Å²) in [6.07, 6.45) is -4.99. The molecule has 1 aliphatic rings. The third kappa shape index (κ3) is 4.91. The van der Waals surface area contributed by atoms with Gasteiger partial charge in [-0.05, 0) is 25.1 Å². The van der Waals surface area contributed by atoms with Gasteiger partial charge in [0.25, 0.3) is 0 Å². The molecule has 0 unspecified atom stereocenters. The van der Waals surface area contributed by atoms with Crippen LogP contribution in [0.1, 0.15) is 12.5 Å². The van der Waals surface area contributed by atoms with Crippen molar-refractivity contribution >= 4 is 29.4 Å². The van der Waals surface area contributed by atoms with Gasteiger partial charge in [-0.3, -0.25) is 0 Å². The van der Waals surface area contributed by atoms with Crippen LogP contribution in [0.2, 0.25) is 5.02 Å². The highest BCUT2D eigenvalue weighted by Crippen LogP contribution is 2.33. The highest BCUT2D eigenvalue weighted by molar-refractivity contribution is 6.33. The molecule has 2 rings (SSSR count). The molecule has 25 heavy (non-hydrogen) atoms. The van der Waals surface area contributed by atoms with Crippen molar-refractivity contribution < 1.29 is 27.5 Å². The highest BCUT2D eigenvalue weighted by Gasteiger charge is 2.31. The molecule has 1 fully saturated rings. The largest absolute Gasteiger partial charge is 0.450 e. The first-order valence-electron chi connectivity index (χ1n) is 7.56. The quantitative estimate of drug-likeness (QED) is 0.853. The van der Waals surface area contributed by atoms with Crippen molar-refractivity contribution in [3.8, 4) is 0 Å². The number of piperazine rings is 1. The SMILES string of the molecule is CCOC(=O)N1CCN(C(=O)Nc2cc(C(F)(F)F)ccc2Cl)CC1. The molecule has 0 bridgehead atoms. The number of halogens is 4. The van der Waals surface area contributed by atoms with Gasteiger partial charge >= 0.3 is 18.3 Å². The van der Waals surface area contributed by atoms with Crippen LogP contribution in [0.5, 0.6) is 0 Å². The minimum Gasteiger partial charge on any atom is -0.450 e. The van der Waals surface area contributed by atoms with Crippen LogP contribution in [-0.2, 0) is 10.9 Å². The molecule has 138 valence electrons. The molecule has 0 saturated carbocycles. The Kier molecular flexibility index (Phi) is 5.99. The Labute approximate surface area is 147 Å². The summed E-state index contributed by atoms with van der Waals surface area (Å²) in [6, 6.07) is 2.13. The standard InChI is InChI=1S/C15H17ClF3N3O3/c1-2-25-14(24)22-7-5-21(6-8-22)13(23)20-12-9-10(15(17,18)19)3-4-11(12)16/h3-4,9H,2,5-8H2,1H3,(H,20,23). The van der Waals surface area contributed by atoms with Crippen LogP contribution in [0.15, 0.2) is 18.2 Å². The second kappa shape index (κ2) is 7.81. The van der Waals surface area contributed by atoms with Gasteiger partial charge in [-0.25, -0.2) is 9.59 Å². The monoisotopic (exact) mass is 379 g/mol. The van der Waals surface area contributed by atoms with Gasteiger partial charge in [-0.15, -0.1) is 0 Å². The third-order valence-electron chi connectivity index (χ3n) is 3.63. The molecule has 0 atom stereocenters. The molecule has 10 heteroatoms. The van der Waals surface area contributed by atoms with Crippen LogP contribution in [0, 0.1) is 0 Å². The maximum Gasteiger partial charge on any atom is 0.416 e. The smallest absolute Gasteiger partial charge is 0.416 e. The van der Waals surface area contributed by atoms with E-state index < -0.39 is 23.9 Å². The lowest BCUT2D eigenvalue weighted by molar-refractivity contribution is -0.137. The third-order valence-corrected chi connectivity index (χ3v) is 3.96. The number of alkyl halides is 3. The summed E-state index contributed by atoms with van der Waals surface area (Å²) in [5.41, 5.74) is -1.02. The number of hydrogen-bond donors (Lipinski definition) is 1. The number of nitrogens with one attached hydrogen (secondary N) is 1. The van der Waals surface area contributed by atoms with Crippen molar-refractivity contribution in [3.63, 3.8) is 0 Å². The van der Waals surface area contributed by atoms with Crippen LogP contribution >= 0.6 is 11.6 Å². The van der Waals surface area contributed by atoms with E-state index in [1.54, 1.807) is 6.92 Å². The molecule has 0 aliphatic carbocycles.